The second-order valence-corrected chi connectivity index (χ2v) is 6.76. The molecule has 154 valence electrons. The molecule has 0 atom stereocenters. The number of phenols is 1. The minimum absolute atomic E-state index is 0.0249. The Morgan fingerprint density at radius 3 is 2.65 bits per heavy atom. The Labute approximate surface area is 179 Å². The highest BCUT2D eigenvalue weighted by atomic mass is 16.5. The summed E-state index contributed by atoms with van der Waals surface area (Å²) >= 11 is 0. The molecule has 0 aliphatic carbocycles. The Morgan fingerprint density at radius 1 is 1.06 bits per heavy atom. The van der Waals surface area contributed by atoms with Crippen molar-refractivity contribution in [3.8, 4) is 22.8 Å². The molecule has 0 saturated carbocycles. The number of pyridine rings is 1. The van der Waals surface area contributed by atoms with Gasteiger partial charge in [0.15, 0.2) is 11.5 Å². The van der Waals surface area contributed by atoms with Crippen molar-refractivity contribution in [1.82, 2.24) is 10.4 Å². The highest BCUT2D eigenvalue weighted by Gasteiger charge is 2.13. The number of nitrogens with one attached hydrogen (secondary N) is 1. The number of fused-ring (bicyclic) bond motifs is 1. The molecule has 4 rings (SSSR count). The fourth-order valence-electron chi connectivity index (χ4n) is 3.26. The third-order valence-corrected chi connectivity index (χ3v) is 4.73. The molecule has 1 heterocycles. The molecule has 1 amide bonds. The van der Waals surface area contributed by atoms with Crippen molar-refractivity contribution in [1.29, 1.82) is 0 Å². The highest BCUT2D eigenvalue weighted by molar-refractivity contribution is 6.07. The summed E-state index contributed by atoms with van der Waals surface area (Å²) < 4.78 is 5.37. The molecule has 3 aromatic carbocycles. The summed E-state index contributed by atoms with van der Waals surface area (Å²) in [6.07, 6.45) is 1.39. The van der Waals surface area contributed by atoms with Gasteiger partial charge in [-0.25, -0.2) is 10.4 Å². The van der Waals surface area contributed by atoms with Crippen molar-refractivity contribution in [3.63, 3.8) is 0 Å². The molecule has 0 aliphatic heterocycles. The lowest BCUT2D eigenvalue weighted by molar-refractivity contribution is 0.0956. The lowest BCUT2D eigenvalue weighted by Crippen LogP contribution is -2.18. The fraction of sp³-hybridized carbons (Fsp3) is 0.0800. The van der Waals surface area contributed by atoms with Gasteiger partial charge < -0.3 is 9.84 Å². The summed E-state index contributed by atoms with van der Waals surface area (Å²) in [5, 5.41) is 15.0. The quantitative estimate of drug-likeness (QED) is 0.354. The third-order valence-electron chi connectivity index (χ3n) is 4.73. The summed E-state index contributed by atoms with van der Waals surface area (Å²) in [6, 6.07) is 24.0. The van der Waals surface area contributed by atoms with Gasteiger partial charge in [-0.05, 0) is 31.2 Å². The molecule has 0 aliphatic rings. The van der Waals surface area contributed by atoms with Crippen LogP contribution < -0.4 is 10.2 Å². The van der Waals surface area contributed by atoms with Crippen LogP contribution in [0.5, 0.6) is 11.5 Å². The number of aromatic nitrogens is 1. The Balaban J connectivity index is 1.64. The molecule has 1 aromatic heterocycles. The average molecular weight is 411 g/mol. The van der Waals surface area contributed by atoms with Crippen LogP contribution in [-0.2, 0) is 0 Å². The van der Waals surface area contributed by atoms with Gasteiger partial charge >= 0.3 is 0 Å². The molecule has 2 N–H and O–H groups in total. The molecule has 0 fully saturated rings. The van der Waals surface area contributed by atoms with Gasteiger partial charge in [-0.3, -0.25) is 4.79 Å². The minimum Gasteiger partial charge on any atom is -0.504 e. The second-order valence-electron chi connectivity index (χ2n) is 6.76. The minimum atomic E-state index is -0.368. The van der Waals surface area contributed by atoms with E-state index in [4.69, 9.17) is 4.74 Å². The van der Waals surface area contributed by atoms with E-state index in [1.807, 2.05) is 61.5 Å². The number of phenolic OH excluding ortho intramolecular Hbond substituents is 1. The molecule has 31 heavy (non-hydrogen) atoms. The van der Waals surface area contributed by atoms with Crippen LogP contribution in [0.25, 0.3) is 22.2 Å². The van der Waals surface area contributed by atoms with Crippen LogP contribution in [0.15, 0.2) is 84.0 Å². The molecular weight excluding hydrogens is 390 g/mol. The van der Waals surface area contributed by atoms with Gasteiger partial charge in [0.25, 0.3) is 5.91 Å². The monoisotopic (exact) mass is 411 g/mol. The molecule has 0 radical (unpaired) electrons. The SMILES string of the molecule is CCOc1cccc(/C=N/NC(=O)c2cc(-c3ccccc3)nc3ccccc23)c1O. The summed E-state index contributed by atoms with van der Waals surface area (Å²) in [7, 11) is 0. The number of hydrazone groups is 1. The average Bonchev–Trinajstić information content (AvgIpc) is 2.81. The van der Waals surface area contributed by atoms with Crippen LogP contribution >= 0.6 is 0 Å². The van der Waals surface area contributed by atoms with Crippen LogP contribution in [0.1, 0.15) is 22.8 Å². The van der Waals surface area contributed by atoms with E-state index >= 15 is 0 Å². The van der Waals surface area contributed by atoms with Crippen LogP contribution in [0.3, 0.4) is 0 Å². The number of para-hydroxylation sites is 2. The van der Waals surface area contributed by atoms with E-state index in [0.29, 0.717) is 29.2 Å². The smallest absolute Gasteiger partial charge is 0.272 e. The molecule has 6 heteroatoms. The van der Waals surface area contributed by atoms with Gasteiger partial charge in [-0.2, -0.15) is 5.10 Å². The number of hydrogen-bond donors (Lipinski definition) is 2. The summed E-state index contributed by atoms with van der Waals surface area (Å²) in [5.41, 5.74) is 5.80. The molecule has 0 spiro atoms. The van der Waals surface area contributed by atoms with Crippen LogP contribution in [0.4, 0.5) is 0 Å². The Kier molecular flexibility index (Phi) is 5.89. The van der Waals surface area contributed by atoms with Crippen molar-refractivity contribution in [2.75, 3.05) is 6.61 Å². The fourth-order valence-corrected chi connectivity index (χ4v) is 3.26. The summed E-state index contributed by atoms with van der Waals surface area (Å²) in [5.74, 6) is -0.0269. The van der Waals surface area contributed by atoms with E-state index in [1.54, 1.807) is 24.3 Å². The van der Waals surface area contributed by atoms with Gasteiger partial charge in [0.2, 0.25) is 0 Å². The first-order valence-electron chi connectivity index (χ1n) is 9.90. The zero-order valence-corrected chi connectivity index (χ0v) is 16.9. The van der Waals surface area contributed by atoms with Gasteiger partial charge in [0.05, 0.1) is 29.6 Å². The Hall–Kier alpha value is -4.19. The lowest BCUT2D eigenvalue weighted by Gasteiger charge is -2.09. The van der Waals surface area contributed by atoms with Crippen molar-refractivity contribution < 1.29 is 14.6 Å². The zero-order valence-electron chi connectivity index (χ0n) is 16.9. The van der Waals surface area contributed by atoms with E-state index in [-0.39, 0.29) is 11.7 Å². The van der Waals surface area contributed by atoms with Crippen LogP contribution in [0, 0.1) is 0 Å². The number of carbonyl (C=O) groups is 1. The number of benzene rings is 3. The number of carbonyl (C=O) groups excluding carboxylic acids is 1. The van der Waals surface area contributed by atoms with Crippen LogP contribution in [0.2, 0.25) is 0 Å². The van der Waals surface area contributed by atoms with E-state index in [0.717, 1.165) is 16.5 Å². The molecule has 0 unspecified atom stereocenters. The lowest BCUT2D eigenvalue weighted by atomic mass is 10.0. The predicted molar refractivity (Wildman–Crippen MR) is 122 cm³/mol. The van der Waals surface area contributed by atoms with Gasteiger partial charge in [-0.1, -0.05) is 54.6 Å². The maximum absolute atomic E-state index is 12.9. The van der Waals surface area contributed by atoms with Crippen molar-refractivity contribution in [3.05, 3.63) is 90.0 Å². The maximum atomic E-state index is 12.9. The first kappa shape index (κ1) is 20.1. The predicted octanol–water partition coefficient (Wildman–Crippen LogP) is 4.77. The first-order valence-corrected chi connectivity index (χ1v) is 9.90. The van der Waals surface area contributed by atoms with Gasteiger partial charge in [0.1, 0.15) is 0 Å². The van der Waals surface area contributed by atoms with E-state index in [9.17, 15) is 9.90 Å². The number of rotatable bonds is 6. The Morgan fingerprint density at radius 2 is 1.84 bits per heavy atom. The van der Waals surface area contributed by atoms with Crippen molar-refractivity contribution in [2.24, 2.45) is 5.10 Å². The number of nitrogens with zero attached hydrogens (tertiary/aromatic N) is 2. The van der Waals surface area contributed by atoms with Gasteiger partial charge in [-0.15, -0.1) is 0 Å². The van der Waals surface area contributed by atoms with E-state index < -0.39 is 0 Å². The summed E-state index contributed by atoms with van der Waals surface area (Å²) in [4.78, 5) is 17.6. The number of hydrogen-bond acceptors (Lipinski definition) is 5. The molecule has 6 nitrogen and oxygen atoms in total. The van der Waals surface area contributed by atoms with Crippen molar-refractivity contribution >= 4 is 23.0 Å². The maximum Gasteiger partial charge on any atom is 0.272 e. The zero-order chi connectivity index (χ0) is 21.6. The highest BCUT2D eigenvalue weighted by Crippen LogP contribution is 2.28. The molecule has 4 aromatic rings. The topological polar surface area (TPSA) is 83.8 Å². The van der Waals surface area contributed by atoms with Crippen LogP contribution in [-0.4, -0.2) is 28.8 Å². The third kappa shape index (κ3) is 4.38. The molecular formula is C25H21N3O3. The Bertz CT molecular complexity index is 1250. The second kappa shape index (κ2) is 9.09. The van der Waals surface area contributed by atoms with E-state index in [2.05, 4.69) is 15.5 Å². The normalized spacial score (nSPS) is 11.0. The molecule has 0 bridgehead atoms. The molecule has 0 saturated heterocycles. The standard InChI is InChI=1S/C25H21N3O3/c1-2-31-23-14-8-11-18(24(23)29)16-26-28-25(30)20-15-22(17-9-4-3-5-10-17)27-21-13-7-6-12-19(20)21/h3-16,29H,2H2,1H3,(H,28,30)/b26-16+. The largest absolute Gasteiger partial charge is 0.504 e. The van der Waals surface area contributed by atoms with Crippen molar-refractivity contribution in [2.45, 2.75) is 6.92 Å². The summed E-state index contributed by atoms with van der Waals surface area (Å²) in [6.45, 7) is 2.27. The number of amides is 1. The van der Waals surface area contributed by atoms with Gasteiger partial charge in [0, 0.05) is 16.5 Å². The first-order chi connectivity index (χ1) is 15.2. The number of ether oxygens (including phenoxy) is 1. The number of aromatic hydroxyl groups is 1. The van der Waals surface area contributed by atoms with E-state index in [1.165, 1.54) is 6.21 Å².